The molecule has 0 saturated heterocycles. The van der Waals surface area contributed by atoms with Crippen LogP contribution in [-0.4, -0.2) is 30.4 Å². The van der Waals surface area contributed by atoms with E-state index < -0.39 is 11.9 Å². The lowest BCUT2D eigenvalue weighted by Gasteiger charge is -2.23. The van der Waals surface area contributed by atoms with Crippen LogP contribution in [0.3, 0.4) is 0 Å². The number of pyridine rings is 1. The molecule has 0 bridgehead atoms. The second-order valence-corrected chi connectivity index (χ2v) is 9.65. The summed E-state index contributed by atoms with van der Waals surface area (Å²) >= 11 is 0. The molecule has 1 atom stereocenters. The molecule has 1 amide bonds. The average molecular weight is 565 g/mol. The molecule has 11 heteroatoms. The van der Waals surface area contributed by atoms with Gasteiger partial charge in [0.15, 0.2) is 0 Å². The zero-order valence-corrected chi connectivity index (χ0v) is 23.3. The van der Waals surface area contributed by atoms with E-state index in [2.05, 4.69) is 25.6 Å². The van der Waals surface area contributed by atoms with E-state index in [1.165, 1.54) is 22.8 Å². The normalized spacial score (nSPS) is 12.0. The van der Waals surface area contributed by atoms with Crippen molar-refractivity contribution in [2.24, 2.45) is 0 Å². The van der Waals surface area contributed by atoms with Crippen molar-refractivity contribution in [2.75, 3.05) is 16.4 Å². The van der Waals surface area contributed by atoms with Crippen LogP contribution in [0.15, 0.2) is 77.9 Å². The molecule has 3 heterocycles. The van der Waals surface area contributed by atoms with Crippen LogP contribution >= 0.6 is 0 Å². The number of anilines is 3. The number of nitrogen functional groups attached to an aromatic ring is 1. The fourth-order valence-corrected chi connectivity index (χ4v) is 4.69. The molecule has 1 unspecified atom stereocenters. The first-order valence-corrected chi connectivity index (χ1v) is 13.3. The van der Waals surface area contributed by atoms with Crippen molar-refractivity contribution in [3.05, 3.63) is 112 Å². The van der Waals surface area contributed by atoms with E-state index in [0.29, 0.717) is 51.6 Å². The Morgan fingerprint density at radius 3 is 2.57 bits per heavy atom. The number of hydrogen-bond acceptors (Lipinski definition) is 8. The number of carbonyl (C=O) groups excluding carboxylic acids is 1. The molecular weight excluding hydrogens is 535 g/mol. The van der Waals surface area contributed by atoms with Crippen LogP contribution in [0, 0.1) is 19.7 Å². The maximum absolute atomic E-state index is 13.9. The molecule has 2 aromatic carbocycles. The van der Waals surface area contributed by atoms with Gasteiger partial charge in [0.1, 0.15) is 17.5 Å². The van der Waals surface area contributed by atoms with Gasteiger partial charge in [-0.15, -0.1) is 0 Å². The van der Waals surface area contributed by atoms with Crippen LogP contribution < -0.4 is 21.9 Å². The van der Waals surface area contributed by atoms with Crippen molar-refractivity contribution >= 4 is 40.3 Å². The Kier molecular flexibility index (Phi) is 8.00. The van der Waals surface area contributed by atoms with Gasteiger partial charge in [-0.05, 0) is 74.4 Å². The van der Waals surface area contributed by atoms with Crippen LogP contribution in [0.5, 0.6) is 0 Å². The second kappa shape index (κ2) is 12.0. The van der Waals surface area contributed by atoms with E-state index in [4.69, 9.17) is 10.7 Å². The number of benzene rings is 2. The number of amides is 1. The number of fused-ring (bicyclic) bond motifs is 1. The van der Waals surface area contributed by atoms with Gasteiger partial charge in [-0.25, -0.2) is 14.4 Å². The fourth-order valence-electron chi connectivity index (χ4n) is 4.69. The number of nitrogens with zero attached hydrogens (tertiary/aromatic N) is 5. The van der Waals surface area contributed by atoms with Gasteiger partial charge in [0, 0.05) is 17.8 Å². The monoisotopic (exact) mass is 564 g/mol. The lowest BCUT2D eigenvalue weighted by atomic mass is 10.1. The maximum atomic E-state index is 13.9. The standard InChI is InChI=1S/C31H29FN8O2/c1-4-24(29-38-25-9-5-7-18(2)27(25)30(42)40(29)22-12-10-20(32)11-13-22)37-28-23(19(3)35-31(33)39-28)14-15-26(41)36-21-8-6-16-34-17-21/h5-17,24H,4H2,1-3H3,(H,36,41)(H3,33,35,37,39)/b15-14+. The van der Waals surface area contributed by atoms with E-state index in [0.717, 1.165) is 5.56 Å². The van der Waals surface area contributed by atoms with Crippen LogP contribution in [0.2, 0.25) is 0 Å². The summed E-state index contributed by atoms with van der Waals surface area (Å²) in [5, 5.41) is 6.60. The van der Waals surface area contributed by atoms with Crippen LogP contribution in [0.4, 0.5) is 21.8 Å². The predicted molar refractivity (Wildman–Crippen MR) is 162 cm³/mol. The number of aryl methyl sites for hydroxylation is 2. The van der Waals surface area contributed by atoms with E-state index in [1.54, 1.807) is 55.7 Å². The highest BCUT2D eigenvalue weighted by molar-refractivity contribution is 6.02. The molecule has 0 aliphatic rings. The highest BCUT2D eigenvalue weighted by Crippen LogP contribution is 2.28. The van der Waals surface area contributed by atoms with Gasteiger partial charge >= 0.3 is 0 Å². The van der Waals surface area contributed by atoms with Gasteiger partial charge in [0.25, 0.3) is 5.56 Å². The maximum Gasteiger partial charge on any atom is 0.266 e. The minimum absolute atomic E-state index is 0.0415. The summed E-state index contributed by atoms with van der Waals surface area (Å²) in [6, 6.07) is 14.1. The molecule has 0 fully saturated rings. The van der Waals surface area contributed by atoms with Gasteiger partial charge < -0.3 is 16.4 Å². The fraction of sp³-hybridized carbons (Fsp3) is 0.161. The Morgan fingerprint density at radius 1 is 1.07 bits per heavy atom. The van der Waals surface area contributed by atoms with E-state index >= 15 is 0 Å². The smallest absolute Gasteiger partial charge is 0.266 e. The van der Waals surface area contributed by atoms with Crippen molar-refractivity contribution in [1.29, 1.82) is 0 Å². The van der Waals surface area contributed by atoms with E-state index in [1.807, 2.05) is 26.0 Å². The average Bonchev–Trinajstić information content (AvgIpc) is 2.96. The molecule has 10 nitrogen and oxygen atoms in total. The molecule has 0 radical (unpaired) electrons. The third-order valence-electron chi connectivity index (χ3n) is 6.73. The van der Waals surface area contributed by atoms with Gasteiger partial charge in [-0.2, -0.15) is 4.98 Å². The quantitative estimate of drug-likeness (QED) is 0.221. The summed E-state index contributed by atoms with van der Waals surface area (Å²) in [5.41, 5.74) is 9.17. The molecule has 5 rings (SSSR count). The summed E-state index contributed by atoms with van der Waals surface area (Å²) < 4.78 is 15.3. The van der Waals surface area contributed by atoms with Crippen molar-refractivity contribution in [3.8, 4) is 5.69 Å². The van der Waals surface area contributed by atoms with Crippen molar-refractivity contribution in [1.82, 2.24) is 24.5 Å². The number of rotatable bonds is 8. The van der Waals surface area contributed by atoms with Gasteiger partial charge in [0.2, 0.25) is 11.9 Å². The Bertz CT molecular complexity index is 1850. The molecule has 0 spiro atoms. The highest BCUT2D eigenvalue weighted by Gasteiger charge is 2.23. The minimum atomic E-state index is -0.530. The molecule has 42 heavy (non-hydrogen) atoms. The summed E-state index contributed by atoms with van der Waals surface area (Å²) in [6.45, 7) is 5.55. The zero-order chi connectivity index (χ0) is 29.8. The number of hydrogen-bond donors (Lipinski definition) is 3. The van der Waals surface area contributed by atoms with Gasteiger partial charge in [-0.1, -0.05) is 19.1 Å². The number of carbonyl (C=O) groups is 1. The Balaban J connectivity index is 1.58. The summed E-state index contributed by atoms with van der Waals surface area (Å²) in [4.78, 5) is 44.1. The minimum Gasteiger partial charge on any atom is -0.368 e. The lowest BCUT2D eigenvalue weighted by Crippen LogP contribution is -2.29. The predicted octanol–water partition coefficient (Wildman–Crippen LogP) is 5.12. The Hall–Kier alpha value is -5.45. The molecule has 0 aliphatic carbocycles. The largest absolute Gasteiger partial charge is 0.368 e. The summed E-state index contributed by atoms with van der Waals surface area (Å²) in [5.74, 6) is 0.0287. The topological polar surface area (TPSA) is 141 Å². The van der Waals surface area contributed by atoms with Crippen LogP contribution in [-0.2, 0) is 4.79 Å². The van der Waals surface area contributed by atoms with Gasteiger partial charge in [-0.3, -0.25) is 19.1 Å². The molecule has 4 N–H and O–H groups in total. The summed E-state index contributed by atoms with van der Waals surface area (Å²) in [6.07, 6.45) is 6.62. The second-order valence-electron chi connectivity index (χ2n) is 9.65. The first kappa shape index (κ1) is 28.1. The highest BCUT2D eigenvalue weighted by atomic mass is 19.1. The third-order valence-corrected chi connectivity index (χ3v) is 6.73. The van der Waals surface area contributed by atoms with Crippen LogP contribution in [0.1, 0.15) is 42.0 Å². The van der Waals surface area contributed by atoms with E-state index in [9.17, 15) is 14.0 Å². The third kappa shape index (κ3) is 5.85. The van der Waals surface area contributed by atoms with Crippen LogP contribution in [0.25, 0.3) is 22.7 Å². The van der Waals surface area contributed by atoms with E-state index in [-0.39, 0.29) is 17.4 Å². The number of aromatic nitrogens is 5. The van der Waals surface area contributed by atoms with Crippen molar-refractivity contribution in [3.63, 3.8) is 0 Å². The van der Waals surface area contributed by atoms with Gasteiger partial charge in [0.05, 0.1) is 40.2 Å². The summed E-state index contributed by atoms with van der Waals surface area (Å²) in [7, 11) is 0. The molecular formula is C31H29FN8O2. The number of halogens is 1. The Morgan fingerprint density at radius 2 is 1.86 bits per heavy atom. The number of nitrogens with two attached hydrogens (primary N) is 1. The molecule has 3 aromatic heterocycles. The molecule has 212 valence electrons. The first-order valence-electron chi connectivity index (χ1n) is 13.3. The lowest BCUT2D eigenvalue weighted by molar-refractivity contribution is -0.111. The molecule has 0 saturated carbocycles. The SMILES string of the molecule is CCC(Nc1nc(N)nc(C)c1/C=C/C(=O)Nc1cccnc1)c1nc2cccc(C)c2c(=O)n1-c1ccc(F)cc1. The molecule has 0 aliphatic heterocycles. The number of nitrogens with one attached hydrogen (secondary N) is 2. The Labute approximate surface area is 241 Å². The van der Waals surface area contributed by atoms with Crippen molar-refractivity contribution in [2.45, 2.75) is 33.2 Å². The van der Waals surface area contributed by atoms with Crippen molar-refractivity contribution < 1.29 is 9.18 Å². The zero-order valence-electron chi connectivity index (χ0n) is 23.3. The molecule has 5 aromatic rings. The first-order chi connectivity index (χ1) is 20.2.